The van der Waals surface area contributed by atoms with Crippen molar-refractivity contribution in [2.45, 2.75) is 6.92 Å². The monoisotopic (exact) mass is 362 g/mol. The normalized spacial score (nSPS) is 11.2. The number of nitrogens with zero attached hydrogens (tertiary/aromatic N) is 2. The highest BCUT2D eigenvalue weighted by Crippen LogP contribution is 2.35. The van der Waals surface area contributed by atoms with Gasteiger partial charge in [-0.1, -0.05) is 42.0 Å². The highest BCUT2D eigenvalue weighted by Gasteiger charge is 2.13. The molecule has 2 nitrogen and oxygen atoms in total. The summed E-state index contributed by atoms with van der Waals surface area (Å²) < 4.78 is 14.9. The van der Waals surface area contributed by atoms with E-state index < -0.39 is 0 Å². The summed E-state index contributed by atoms with van der Waals surface area (Å²) in [5, 5.41) is 14.6. The Morgan fingerprint density at radius 3 is 2.50 bits per heavy atom. The molecule has 0 N–H and O–H groups in total. The second kappa shape index (κ2) is 6.14. The zero-order valence-corrected chi connectivity index (χ0v) is 15.2. The minimum atomic E-state index is -0.262. The summed E-state index contributed by atoms with van der Waals surface area (Å²) in [7, 11) is 0. The topological polar surface area (TPSA) is 36.7 Å². The summed E-state index contributed by atoms with van der Waals surface area (Å²) in [5.74, 6) is -0.262. The van der Waals surface area contributed by atoms with E-state index in [1.54, 1.807) is 12.3 Å². The van der Waals surface area contributed by atoms with E-state index in [0.717, 1.165) is 38.1 Å². The Hall–Kier alpha value is -3.77. The molecule has 0 aliphatic heterocycles. The summed E-state index contributed by atoms with van der Waals surface area (Å²) in [6, 6.07) is 23.2. The molecular formula is C25H15FN2. The second-order valence-electron chi connectivity index (χ2n) is 7.02. The molecule has 5 rings (SSSR count). The van der Waals surface area contributed by atoms with Gasteiger partial charge in [0, 0.05) is 22.5 Å². The molecule has 0 fully saturated rings. The Balaban J connectivity index is 1.88. The van der Waals surface area contributed by atoms with Crippen molar-refractivity contribution in [1.82, 2.24) is 4.98 Å². The molecule has 0 spiro atoms. The number of rotatable bonds is 1. The van der Waals surface area contributed by atoms with Gasteiger partial charge in [-0.05, 0) is 58.8 Å². The number of benzene rings is 4. The van der Waals surface area contributed by atoms with Crippen molar-refractivity contribution in [1.29, 1.82) is 5.26 Å². The first-order valence-electron chi connectivity index (χ1n) is 9.06. The molecule has 3 heteroatoms. The lowest BCUT2D eigenvalue weighted by Gasteiger charge is -2.11. The van der Waals surface area contributed by atoms with Crippen LogP contribution in [0.3, 0.4) is 0 Å². The molecule has 0 unspecified atom stereocenters. The van der Waals surface area contributed by atoms with E-state index in [1.165, 1.54) is 0 Å². The molecule has 0 saturated carbocycles. The molecule has 0 aliphatic rings. The third kappa shape index (κ3) is 2.43. The fourth-order valence-corrected chi connectivity index (χ4v) is 3.92. The lowest BCUT2D eigenvalue weighted by molar-refractivity contribution is 0.641. The second-order valence-corrected chi connectivity index (χ2v) is 7.02. The van der Waals surface area contributed by atoms with Crippen LogP contribution in [0.4, 0.5) is 4.39 Å². The average molecular weight is 362 g/mol. The maximum absolute atomic E-state index is 14.9. The van der Waals surface area contributed by atoms with Crippen LogP contribution >= 0.6 is 0 Å². The summed E-state index contributed by atoms with van der Waals surface area (Å²) in [6.07, 6.45) is 1.75. The van der Waals surface area contributed by atoms with E-state index in [0.29, 0.717) is 16.6 Å². The maximum atomic E-state index is 14.9. The minimum Gasteiger partial charge on any atom is -0.256 e. The number of aromatic nitrogens is 1. The number of hydrogen-bond donors (Lipinski definition) is 0. The van der Waals surface area contributed by atoms with E-state index in [4.69, 9.17) is 0 Å². The molecule has 5 aromatic rings. The van der Waals surface area contributed by atoms with Crippen LogP contribution in [-0.4, -0.2) is 4.98 Å². The Morgan fingerprint density at radius 2 is 1.64 bits per heavy atom. The van der Waals surface area contributed by atoms with Gasteiger partial charge >= 0.3 is 0 Å². The SMILES string of the molecule is Cc1ccc2c(c1)c(F)cc1c(-c3cc(C#N)c4ccccc4c3)nccc12. The highest BCUT2D eigenvalue weighted by molar-refractivity contribution is 6.12. The average Bonchev–Trinajstić information content (AvgIpc) is 2.73. The molecule has 0 saturated heterocycles. The third-order valence-corrected chi connectivity index (χ3v) is 5.24. The first kappa shape index (κ1) is 16.4. The molecule has 1 aromatic heterocycles. The van der Waals surface area contributed by atoms with Crippen LogP contribution in [0.1, 0.15) is 11.1 Å². The zero-order chi connectivity index (χ0) is 19.3. The van der Waals surface area contributed by atoms with Crippen LogP contribution in [0, 0.1) is 24.1 Å². The lowest BCUT2D eigenvalue weighted by Crippen LogP contribution is -1.91. The van der Waals surface area contributed by atoms with Gasteiger partial charge in [-0.25, -0.2) is 4.39 Å². The molecule has 0 atom stereocenters. The predicted octanol–water partition coefficient (Wildman–Crippen LogP) is 6.53. The van der Waals surface area contributed by atoms with Gasteiger partial charge in [0.25, 0.3) is 0 Å². The van der Waals surface area contributed by atoms with Crippen molar-refractivity contribution in [2.75, 3.05) is 0 Å². The van der Waals surface area contributed by atoms with Gasteiger partial charge in [0.15, 0.2) is 0 Å². The first-order chi connectivity index (χ1) is 13.7. The van der Waals surface area contributed by atoms with Crippen LogP contribution < -0.4 is 0 Å². The minimum absolute atomic E-state index is 0.262. The van der Waals surface area contributed by atoms with Gasteiger partial charge in [-0.15, -0.1) is 0 Å². The van der Waals surface area contributed by atoms with Crippen LogP contribution in [0.2, 0.25) is 0 Å². The van der Waals surface area contributed by atoms with Gasteiger partial charge in [0.2, 0.25) is 0 Å². The van der Waals surface area contributed by atoms with Crippen LogP contribution in [0.25, 0.3) is 43.6 Å². The third-order valence-electron chi connectivity index (χ3n) is 5.24. The molecule has 132 valence electrons. The number of aryl methyl sites for hydroxylation is 1. The molecular weight excluding hydrogens is 347 g/mol. The van der Waals surface area contributed by atoms with Gasteiger partial charge < -0.3 is 0 Å². The molecule has 0 amide bonds. The predicted molar refractivity (Wildman–Crippen MR) is 112 cm³/mol. The van der Waals surface area contributed by atoms with Crippen molar-refractivity contribution in [3.05, 3.63) is 89.9 Å². The van der Waals surface area contributed by atoms with E-state index in [9.17, 15) is 9.65 Å². The van der Waals surface area contributed by atoms with Crippen molar-refractivity contribution in [2.24, 2.45) is 0 Å². The van der Waals surface area contributed by atoms with E-state index in [2.05, 4.69) is 11.1 Å². The van der Waals surface area contributed by atoms with Crippen molar-refractivity contribution in [3.63, 3.8) is 0 Å². The molecule has 0 bridgehead atoms. The largest absolute Gasteiger partial charge is 0.256 e. The summed E-state index contributed by atoms with van der Waals surface area (Å²) in [4.78, 5) is 4.55. The molecule has 0 aliphatic carbocycles. The molecule has 28 heavy (non-hydrogen) atoms. The molecule has 0 radical (unpaired) electrons. The standard InChI is InChI=1S/C25H15FN2/c1-15-6-7-20-21-8-9-28-25(23(21)13-24(26)22(20)10-15)17-11-16-4-2-3-5-19(16)18(12-17)14-27/h2-13H,1H3. The number of hydrogen-bond acceptors (Lipinski definition) is 2. The van der Waals surface area contributed by atoms with Gasteiger partial charge in [-0.3, -0.25) is 4.98 Å². The van der Waals surface area contributed by atoms with E-state index >= 15 is 0 Å². The van der Waals surface area contributed by atoms with Crippen LogP contribution in [0.15, 0.2) is 72.9 Å². The fourth-order valence-electron chi connectivity index (χ4n) is 3.92. The van der Waals surface area contributed by atoms with E-state index in [1.807, 2.05) is 67.6 Å². The smallest absolute Gasteiger partial charge is 0.131 e. The fraction of sp³-hybridized carbons (Fsp3) is 0.0400. The Bertz CT molecular complexity index is 1440. The lowest BCUT2D eigenvalue weighted by atomic mass is 9.95. The van der Waals surface area contributed by atoms with Crippen molar-refractivity contribution >= 4 is 32.3 Å². The zero-order valence-electron chi connectivity index (χ0n) is 15.2. The van der Waals surface area contributed by atoms with Crippen molar-refractivity contribution < 1.29 is 4.39 Å². The highest BCUT2D eigenvalue weighted by atomic mass is 19.1. The quantitative estimate of drug-likeness (QED) is 0.318. The Labute approximate surface area is 161 Å². The van der Waals surface area contributed by atoms with Gasteiger partial charge in [0.1, 0.15) is 5.82 Å². The van der Waals surface area contributed by atoms with Crippen LogP contribution in [0.5, 0.6) is 0 Å². The molecule has 4 aromatic carbocycles. The van der Waals surface area contributed by atoms with E-state index in [-0.39, 0.29) is 5.82 Å². The maximum Gasteiger partial charge on any atom is 0.131 e. The Kier molecular flexibility index (Phi) is 3.60. The number of halogens is 1. The number of nitriles is 1. The summed E-state index contributed by atoms with van der Waals surface area (Å²) >= 11 is 0. The number of fused-ring (bicyclic) bond motifs is 4. The first-order valence-corrected chi connectivity index (χ1v) is 9.06. The van der Waals surface area contributed by atoms with Crippen LogP contribution in [-0.2, 0) is 0 Å². The Morgan fingerprint density at radius 1 is 0.821 bits per heavy atom. The number of pyridine rings is 1. The summed E-state index contributed by atoms with van der Waals surface area (Å²) in [6.45, 7) is 1.96. The molecule has 1 heterocycles. The summed E-state index contributed by atoms with van der Waals surface area (Å²) in [5.41, 5.74) is 3.10. The van der Waals surface area contributed by atoms with Crippen molar-refractivity contribution in [3.8, 4) is 17.3 Å². The van der Waals surface area contributed by atoms with Gasteiger partial charge in [0.05, 0.1) is 17.3 Å². The van der Waals surface area contributed by atoms with Gasteiger partial charge in [-0.2, -0.15) is 5.26 Å².